The van der Waals surface area contributed by atoms with E-state index in [9.17, 15) is 0 Å². The Bertz CT molecular complexity index is 595. The van der Waals surface area contributed by atoms with Crippen LogP contribution in [0.25, 0.3) is 0 Å². The molecule has 2 rings (SSSR count). The zero-order valence-corrected chi connectivity index (χ0v) is 24.2. The molecular weight excluding hydrogens is 428 g/mol. The van der Waals surface area contributed by atoms with Crippen LogP contribution in [0.5, 0.6) is 0 Å². The smallest absolute Gasteiger partial charge is 0.243 e. The minimum atomic E-state index is 1.12. The predicted octanol–water partition coefficient (Wildman–Crippen LogP) is 8.43. The van der Waals surface area contributed by atoms with Crippen molar-refractivity contribution in [2.24, 2.45) is 7.05 Å². The van der Waals surface area contributed by atoms with E-state index >= 15 is 0 Å². The third-order valence-corrected chi connectivity index (χ3v) is 7.04. The van der Waals surface area contributed by atoms with Gasteiger partial charge in [-0.1, -0.05) is 111 Å². The van der Waals surface area contributed by atoms with E-state index in [1.807, 2.05) is 0 Å². The molecule has 0 aromatic carbocycles. The standard InChI is InChI=1S/C16H31N2.C15H30N2/c1-3-4-5-6-7-8-9-10-11-12-13-18-15-14-17(2)16-18;1-3-5-7-8-9-10-12-17-14-13-16(15-17)11-6-4-2/h14-16H,3-13H2,1-2H3;13-14H,3-12,15H2,1-2H3/q+1;. The minimum absolute atomic E-state index is 1.12. The highest BCUT2D eigenvalue weighted by Crippen LogP contribution is 2.12. The van der Waals surface area contributed by atoms with Crippen LogP contribution in [0.15, 0.2) is 31.1 Å². The first-order valence-corrected chi connectivity index (χ1v) is 15.4. The second-order valence-corrected chi connectivity index (χ2v) is 10.7. The molecule has 1 aliphatic rings. The van der Waals surface area contributed by atoms with Crippen molar-refractivity contribution in [2.45, 2.75) is 143 Å². The topological polar surface area (TPSA) is 15.3 Å². The lowest BCUT2D eigenvalue weighted by Crippen LogP contribution is -2.26. The van der Waals surface area contributed by atoms with Crippen LogP contribution < -0.4 is 4.57 Å². The van der Waals surface area contributed by atoms with E-state index < -0.39 is 0 Å². The van der Waals surface area contributed by atoms with Gasteiger partial charge < -0.3 is 9.80 Å². The lowest BCUT2D eigenvalue weighted by atomic mass is 10.1. The fourth-order valence-corrected chi connectivity index (χ4v) is 4.68. The summed E-state index contributed by atoms with van der Waals surface area (Å²) >= 11 is 0. The maximum absolute atomic E-state index is 2.45. The summed E-state index contributed by atoms with van der Waals surface area (Å²) < 4.78 is 4.39. The van der Waals surface area contributed by atoms with Crippen molar-refractivity contribution < 1.29 is 4.57 Å². The van der Waals surface area contributed by atoms with E-state index in [2.05, 4.69) is 77.9 Å². The van der Waals surface area contributed by atoms with E-state index in [0.717, 1.165) is 6.67 Å². The molecule has 35 heavy (non-hydrogen) atoms. The van der Waals surface area contributed by atoms with Gasteiger partial charge in [0.2, 0.25) is 6.33 Å². The highest BCUT2D eigenvalue weighted by molar-refractivity contribution is 4.90. The molecule has 0 bridgehead atoms. The van der Waals surface area contributed by atoms with Crippen LogP contribution in [0, 0.1) is 0 Å². The highest BCUT2D eigenvalue weighted by atomic mass is 15.3. The number of unbranched alkanes of at least 4 members (excludes halogenated alkanes) is 15. The Morgan fingerprint density at radius 3 is 1.43 bits per heavy atom. The third-order valence-electron chi connectivity index (χ3n) is 7.04. The Hall–Kier alpha value is -1.45. The molecule has 4 heteroatoms. The number of imidazole rings is 1. The van der Waals surface area contributed by atoms with Gasteiger partial charge in [0.25, 0.3) is 0 Å². The van der Waals surface area contributed by atoms with Crippen molar-refractivity contribution in [1.82, 2.24) is 14.4 Å². The first kappa shape index (κ1) is 31.6. The molecule has 0 unspecified atom stereocenters. The molecule has 0 radical (unpaired) electrons. The van der Waals surface area contributed by atoms with E-state index in [1.54, 1.807) is 0 Å². The summed E-state index contributed by atoms with van der Waals surface area (Å²) in [4.78, 5) is 4.88. The summed E-state index contributed by atoms with van der Waals surface area (Å²) in [5.41, 5.74) is 0. The van der Waals surface area contributed by atoms with Crippen LogP contribution in [0.4, 0.5) is 0 Å². The Labute approximate surface area is 219 Å². The summed E-state index contributed by atoms with van der Waals surface area (Å²) in [6.07, 6.45) is 36.1. The molecule has 0 aliphatic carbocycles. The molecule has 0 fully saturated rings. The van der Waals surface area contributed by atoms with Crippen molar-refractivity contribution in [3.8, 4) is 0 Å². The van der Waals surface area contributed by atoms with Crippen LogP contribution in [0.3, 0.4) is 0 Å². The lowest BCUT2D eigenvalue weighted by molar-refractivity contribution is -0.671. The quantitative estimate of drug-likeness (QED) is 0.127. The lowest BCUT2D eigenvalue weighted by Gasteiger charge is -2.21. The van der Waals surface area contributed by atoms with E-state index in [-0.39, 0.29) is 0 Å². The molecule has 1 aromatic heterocycles. The third kappa shape index (κ3) is 18.5. The Balaban J connectivity index is 0.000000351. The maximum Gasteiger partial charge on any atom is 0.243 e. The summed E-state index contributed by atoms with van der Waals surface area (Å²) in [5.74, 6) is 0. The zero-order chi connectivity index (χ0) is 25.4. The SMILES string of the molecule is CCCCCCCCCCCCn1cc[n+](C)c1.CCCCCCCCN1C=CN(CCCC)C1. The van der Waals surface area contributed by atoms with Crippen molar-refractivity contribution in [3.05, 3.63) is 31.1 Å². The molecule has 204 valence electrons. The van der Waals surface area contributed by atoms with Crippen molar-refractivity contribution in [2.75, 3.05) is 19.8 Å². The maximum atomic E-state index is 2.45. The number of nitrogens with zero attached hydrogens (tertiary/aromatic N) is 4. The molecular formula is C31H61N4+. The summed E-state index contributed by atoms with van der Waals surface area (Å²) in [5, 5.41) is 0. The Kier molecular flexibility index (Phi) is 20.7. The van der Waals surface area contributed by atoms with Gasteiger partial charge in [0, 0.05) is 25.5 Å². The number of aryl methyl sites for hydroxylation is 2. The van der Waals surface area contributed by atoms with Crippen LogP contribution in [-0.2, 0) is 13.6 Å². The van der Waals surface area contributed by atoms with Gasteiger partial charge in [-0.2, -0.15) is 0 Å². The normalized spacial score (nSPS) is 12.9. The second kappa shape index (κ2) is 23.0. The van der Waals surface area contributed by atoms with E-state index in [1.165, 1.54) is 135 Å². The molecule has 0 saturated carbocycles. The van der Waals surface area contributed by atoms with Gasteiger partial charge in [-0.3, -0.25) is 0 Å². The number of hydrogen-bond acceptors (Lipinski definition) is 2. The van der Waals surface area contributed by atoms with Gasteiger partial charge in [-0.25, -0.2) is 9.13 Å². The van der Waals surface area contributed by atoms with Crippen molar-refractivity contribution in [1.29, 1.82) is 0 Å². The van der Waals surface area contributed by atoms with Crippen LogP contribution in [0.2, 0.25) is 0 Å². The van der Waals surface area contributed by atoms with Gasteiger partial charge in [0.15, 0.2) is 0 Å². The molecule has 0 spiro atoms. The molecule has 0 saturated heterocycles. The summed E-state index contributed by atoms with van der Waals surface area (Å²) in [6, 6.07) is 0. The van der Waals surface area contributed by atoms with Crippen molar-refractivity contribution >= 4 is 0 Å². The number of rotatable bonds is 21. The molecule has 1 aromatic rings. The monoisotopic (exact) mass is 489 g/mol. The average molecular weight is 490 g/mol. The Morgan fingerprint density at radius 1 is 0.543 bits per heavy atom. The molecule has 2 heterocycles. The van der Waals surface area contributed by atoms with Crippen LogP contribution >= 0.6 is 0 Å². The van der Waals surface area contributed by atoms with Crippen molar-refractivity contribution in [3.63, 3.8) is 0 Å². The van der Waals surface area contributed by atoms with E-state index in [0.29, 0.717) is 0 Å². The molecule has 4 nitrogen and oxygen atoms in total. The predicted molar refractivity (Wildman–Crippen MR) is 153 cm³/mol. The molecule has 0 amide bonds. The zero-order valence-electron chi connectivity index (χ0n) is 24.2. The highest BCUT2D eigenvalue weighted by Gasteiger charge is 2.10. The van der Waals surface area contributed by atoms with Gasteiger partial charge in [0.1, 0.15) is 12.4 Å². The molecule has 0 N–H and O–H groups in total. The van der Waals surface area contributed by atoms with Gasteiger partial charge in [-0.05, 0) is 25.7 Å². The number of aromatic nitrogens is 2. The number of hydrogen-bond donors (Lipinski definition) is 0. The van der Waals surface area contributed by atoms with Gasteiger partial charge >= 0.3 is 0 Å². The largest absolute Gasteiger partial charge is 0.359 e. The summed E-state index contributed by atoms with van der Waals surface area (Å²) in [6.45, 7) is 11.6. The van der Waals surface area contributed by atoms with E-state index in [4.69, 9.17) is 0 Å². The van der Waals surface area contributed by atoms with Gasteiger partial charge in [-0.15, -0.1) is 0 Å². The first-order valence-electron chi connectivity index (χ1n) is 15.4. The fourth-order valence-electron chi connectivity index (χ4n) is 4.68. The second-order valence-electron chi connectivity index (χ2n) is 10.7. The molecule has 1 aliphatic heterocycles. The summed E-state index contributed by atoms with van der Waals surface area (Å²) in [7, 11) is 2.08. The van der Waals surface area contributed by atoms with Crippen LogP contribution in [-0.4, -0.2) is 34.1 Å². The minimum Gasteiger partial charge on any atom is -0.359 e. The first-order chi connectivity index (χ1) is 17.2. The fraction of sp³-hybridized carbons (Fsp3) is 0.839. The van der Waals surface area contributed by atoms with Gasteiger partial charge in [0.05, 0.1) is 20.3 Å². The average Bonchev–Trinajstić information content (AvgIpc) is 3.50. The Morgan fingerprint density at radius 2 is 0.971 bits per heavy atom. The van der Waals surface area contributed by atoms with Crippen LogP contribution in [0.1, 0.15) is 136 Å². The molecule has 0 atom stereocenters.